The highest BCUT2D eigenvalue weighted by atomic mass is 32.2. The molecular formula is C7H15N5S. The number of nitrogens with one attached hydrogen (secondary N) is 1. The van der Waals surface area contributed by atoms with Crippen LogP contribution in [0.5, 0.6) is 0 Å². The topological polar surface area (TPSA) is 55.6 Å². The van der Waals surface area contributed by atoms with Crippen LogP contribution in [-0.4, -0.2) is 38.5 Å². The molecule has 0 unspecified atom stereocenters. The van der Waals surface area contributed by atoms with E-state index in [0.717, 1.165) is 17.5 Å². The molecule has 0 radical (unpaired) electrons. The number of hydrogen-bond donors (Lipinski definition) is 1. The molecule has 6 heteroatoms. The Kier molecular flexibility index (Phi) is 4.17. The van der Waals surface area contributed by atoms with Crippen LogP contribution in [0.3, 0.4) is 0 Å². The molecule has 0 aliphatic heterocycles. The van der Waals surface area contributed by atoms with Crippen LogP contribution in [0.2, 0.25) is 0 Å². The number of tetrazole rings is 1. The normalized spacial score (nSPS) is 11.1. The average Bonchev–Trinajstić information content (AvgIpc) is 2.45. The summed E-state index contributed by atoms with van der Waals surface area (Å²) in [6.45, 7) is 5.25. The van der Waals surface area contributed by atoms with Crippen molar-refractivity contribution in [3.05, 3.63) is 0 Å². The van der Waals surface area contributed by atoms with Gasteiger partial charge >= 0.3 is 0 Å². The molecule has 0 fully saturated rings. The molecule has 0 aliphatic rings. The Morgan fingerprint density at radius 3 is 2.85 bits per heavy atom. The van der Waals surface area contributed by atoms with Gasteiger partial charge in [-0.2, -0.15) is 0 Å². The molecule has 0 spiro atoms. The minimum atomic E-state index is 0.540. The number of aryl methyl sites for hydroxylation is 1. The fourth-order valence-corrected chi connectivity index (χ4v) is 1.55. The Morgan fingerprint density at radius 1 is 1.54 bits per heavy atom. The first-order valence-electron chi connectivity index (χ1n) is 4.28. The molecule has 0 aromatic carbocycles. The third-order valence-electron chi connectivity index (χ3n) is 1.47. The molecule has 0 atom stereocenters. The molecule has 1 aromatic rings. The van der Waals surface area contributed by atoms with Crippen LogP contribution in [0.25, 0.3) is 0 Å². The van der Waals surface area contributed by atoms with Gasteiger partial charge in [0.15, 0.2) is 0 Å². The summed E-state index contributed by atoms with van der Waals surface area (Å²) >= 11 is 1.66. The number of hydrogen-bond acceptors (Lipinski definition) is 5. The van der Waals surface area contributed by atoms with Crippen LogP contribution >= 0.6 is 11.8 Å². The molecule has 5 nitrogen and oxygen atoms in total. The third-order valence-corrected chi connectivity index (χ3v) is 2.48. The summed E-state index contributed by atoms with van der Waals surface area (Å²) in [4.78, 5) is 0. The van der Waals surface area contributed by atoms with Gasteiger partial charge in [0.25, 0.3) is 0 Å². The van der Waals surface area contributed by atoms with Gasteiger partial charge in [-0.05, 0) is 10.4 Å². The molecule has 74 valence electrons. The molecule has 1 heterocycles. The van der Waals surface area contributed by atoms with Gasteiger partial charge in [0.05, 0.1) is 0 Å². The lowest BCUT2D eigenvalue weighted by atomic mass is 10.4. The van der Waals surface area contributed by atoms with Crippen molar-refractivity contribution in [1.29, 1.82) is 0 Å². The highest BCUT2D eigenvalue weighted by Gasteiger charge is 2.01. The number of aromatic nitrogens is 4. The minimum absolute atomic E-state index is 0.540. The van der Waals surface area contributed by atoms with Crippen molar-refractivity contribution < 1.29 is 0 Å². The van der Waals surface area contributed by atoms with Crippen LogP contribution < -0.4 is 5.32 Å². The maximum atomic E-state index is 3.87. The zero-order chi connectivity index (χ0) is 9.68. The largest absolute Gasteiger partial charge is 0.314 e. The van der Waals surface area contributed by atoms with E-state index in [1.807, 2.05) is 7.05 Å². The molecule has 0 saturated carbocycles. The van der Waals surface area contributed by atoms with Gasteiger partial charge in [0.2, 0.25) is 5.16 Å². The van der Waals surface area contributed by atoms with Crippen molar-refractivity contribution in [1.82, 2.24) is 25.5 Å². The first-order valence-corrected chi connectivity index (χ1v) is 5.27. The van der Waals surface area contributed by atoms with Crippen LogP contribution in [0.1, 0.15) is 13.8 Å². The molecule has 0 bridgehead atoms. The quantitative estimate of drug-likeness (QED) is 0.548. The summed E-state index contributed by atoms with van der Waals surface area (Å²) in [5, 5.41) is 15.4. The predicted octanol–water partition coefficient (Wildman–Crippen LogP) is 0.300. The van der Waals surface area contributed by atoms with E-state index < -0.39 is 0 Å². The smallest absolute Gasteiger partial charge is 0.209 e. The molecule has 1 aromatic heterocycles. The van der Waals surface area contributed by atoms with E-state index in [-0.39, 0.29) is 0 Å². The lowest BCUT2D eigenvalue weighted by molar-refractivity contribution is 0.614. The number of nitrogens with zero attached hydrogens (tertiary/aromatic N) is 4. The highest BCUT2D eigenvalue weighted by Crippen LogP contribution is 2.10. The zero-order valence-electron chi connectivity index (χ0n) is 8.19. The molecule has 1 N–H and O–H groups in total. The van der Waals surface area contributed by atoms with E-state index in [1.54, 1.807) is 16.4 Å². The van der Waals surface area contributed by atoms with Gasteiger partial charge in [0.1, 0.15) is 0 Å². The number of thioether (sulfide) groups is 1. The Labute approximate surface area is 82.3 Å². The van der Waals surface area contributed by atoms with E-state index in [0.29, 0.717) is 6.04 Å². The van der Waals surface area contributed by atoms with Crippen molar-refractivity contribution in [3.8, 4) is 0 Å². The van der Waals surface area contributed by atoms with Gasteiger partial charge in [-0.25, -0.2) is 4.68 Å². The molecule has 0 amide bonds. The summed E-state index contributed by atoms with van der Waals surface area (Å²) in [5.41, 5.74) is 0. The van der Waals surface area contributed by atoms with E-state index >= 15 is 0 Å². The van der Waals surface area contributed by atoms with Crippen molar-refractivity contribution in [3.63, 3.8) is 0 Å². The van der Waals surface area contributed by atoms with Crippen molar-refractivity contribution >= 4 is 11.8 Å². The van der Waals surface area contributed by atoms with Crippen LogP contribution in [0.4, 0.5) is 0 Å². The Hall–Kier alpha value is -0.620. The maximum Gasteiger partial charge on any atom is 0.209 e. The molecule has 13 heavy (non-hydrogen) atoms. The zero-order valence-corrected chi connectivity index (χ0v) is 9.01. The van der Waals surface area contributed by atoms with E-state index in [9.17, 15) is 0 Å². The monoisotopic (exact) mass is 201 g/mol. The second-order valence-corrected chi connectivity index (χ2v) is 4.10. The molecule has 0 saturated heterocycles. The van der Waals surface area contributed by atoms with Crippen LogP contribution in [0, 0.1) is 0 Å². The van der Waals surface area contributed by atoms with Crippen molar-refractivity contribution in [2.45, 2.75) is 25.0 Å². The Bertz CT molecular complexity index is 247. The van der Waals surface area contributed by atoms with Crippen molar-refractivity contribution in [2.24, 2.45) is 7.05 Å². The van der Waals surface area contributed by atoms with Gasteiger partial charge in [-0.3, -0.25) is 0 Å². The fourth-order valence-electron chi connectivity index (χ4n) is 0.833. The Morgan fingerprint density at radius 2 is 2.31 bits per heavy atom. The summed E-state index contributed by atoms with van der Waals surface area (Å²) in [5.74, 6) is 0.992. The summed E-state index contributed by atoms with van der Waals surface area (Å²) in [7, 11) is 1.85. The van der Waals surface area contributed by atoms with Crippen molar-refractivity contribution in [2.75, 3.05) is 12.3 Å². The first-order chi connectivity index (χ1) is 6.20. The Balaban J connectivity index is 2.17. The SMILES string of the molecule is CC(C)NCCSc1nnnn1C. The highest BCUT2D eigenvalue weighted by molar-refractivity contribution is 7.99. The summed E-state index contributed by atoms with van der Waals surface area (Å²) in [6, 6.07) is 0.540. The fraction of sp³-hybridized carbons (Fsp3) is 0.857. The second kappa shape index (κ2) is 5.18. The van der Waals surface area contributed by atoms with Crippen LogP contribution in [-0.2, 0) is 7.05 Å². The van der Waals surface area contributed by atoms with Gasteiger partial charge in [0, 0.05) is 25.4 Å². The second-order valence-electron chi connectivity index (χ2n) is 3.04. The number of rotatable bonds is 5. The molecule has 1 rings (SSSR count). The maximum absolute atomic E-state index is 3.87. The van der Waals surface area contributed by atoms with Gasteiger partial charge < -0.3 is 5.32 Å². The molecule has 0 aliphatic carbocycles. The van der Waals surface area contributed by atoms with E-state index in [2.05, 4.69) is 34.7 Å². The van der Waals surface area contributed by atoms with Gasteiger partial charge in [-0.1, -0.05) is 25.6 Å². The standard InChI is InChI=1S/C7H15N5S/c1-6(2)8-4-5-13-7-9-10-11-12(7)3/h6,8H,4-5H2,1-3H3. The van der Waals surface area contributed by atoms with Crippen LogP contribution in [0.15, 0.2) is 5.16 Å². The minimum Gasteiger partial charge on any atom is -0.314 e. The lowest BCUT2D eigenvalue weighted by Crippen LogP contribution is -2.25. The predicted molar refractivity (Wildman–Crippen MR) is 52.7 cm³/mol. The van der Waals surface area contributed by atoms with E-state index in [1.165, 1.54) is 0 Å². The summed E-state index contributed by atoms with van der Waals surface area (Å²) in [6.07, 6.45) is 0. The lowest BCUT2D eigenvalue weighted by Gasteiger charge is -2.06. The molecular weight excluding hydrogens is 186 g/mol. The van der Waals surface area contributed by atoms with Gasteiger partial charge in [-0.15, -0.1) is 5.10 Å². The summed E-state index contributed by atoms with van der Waals surface area (Å²) < 4.78 is 1.68. The van der Waals surface area contributed by atoms with E-state index in [4.69, 9.17) is 0 Å². The average molecular weight is 201 g/mol. The third kappa shape index (κ3) is 3.73. The first kappa shape index (κ1) is 10.5.